The highest BCUT2D eigenvalue weighted by Gasteiger charge is 2.16. The van der Waals surface area contributed by atoms with Gasteiger partial charge >= 0.3 is 0 Å². The quantitative estimate of drug-likeness (QED) is 0.765. The van der Waals surface area contributed by atoms with E-state index in [1.54, 1.807) is 0 Å². The molecule has 0 spiro atoms. The van der Waals surface area contributed by atoms with Gasteiger partial charge in [-0.15, -0.1) is 0 Å². The predicted octanol–water partition coefficient (Wildman–Crippen LogP) is 4.52. The normalized spacial score (nSPS) is 9.35. The van der Waals surface area contributed by atoms with E-state index in [4.69, 9.17) is 5.26 Å². The van der Waals surface area contributed by atoms with Crippen molar-refractivity contribution < 1.29 is 0 Å². The Bertz CT molecular complexity index is 343. The summed E-state index contributed by atoms with van der Waals surface area (Å²) in [6.45, 7) is 14.2. The Morgan fingerprint density at radius 1 is 1.29 bits per heavy atom. The maximum absolute atomic E-state index is 8.55. The summed E-state index contributed by atoms with van der Waals surface area (Å²) in [5.41, 5.74) is 0.911. The maximum atomic E-state index is 8.55. The monoisotopic (exact) mass is 301 g/mol. The fourth-order valence-corrected chi connectivity index (χ4v) is 1.35. The molecule has 17 heavy (non-hydrogen) atoms. The second-order valence-corrected chi connectivity index (χ2v) is 4.65. The van der Waals surface area contributed by atoms with Crippen molar-refractivity contribution >= 4 is 15.9 Å². The van der Waals surface area contributed by atoms with Gasteiger partial charge in [0, 0.05) is 11.8 Å². The first-order valence-electron chi connectivity index (χ1n) is 6.06. The summed E-state index contributed by atoms with van der Waals surface area (Å²) in [5, 5.41) is 12.8. The Labute approximate surface area is 114 Å². The molecule has 0 atom stereocenters. The zero-order valence-corrected chi connectivity index (χ0v) is 13.6. The molecule has 0 saturated carbocycles. The fourth-order valence-electron chi connectivity index (χ4n) is 0.936. The van der Waals surface area contributed by atoms with E-state index in [2.05, 4.69) is 47.9 Å². The molecule has 0 unspecified atom stereocenters. The van der Waals surface area contributed by atoms with Crippen LogP contribution in [0.1, 0.15) is 54.0 Å². The molecule has 98 valence electrons. The van der Waals surface area contributed by atoms with Gasteiger partial charge in [0.1, 0.15) is 4.60 Å². The molecule has 1 rings (SSSR count). The number of aromatic nitrogens is 2. The molecular weight excluding hydrogens is 278 g/mol. The van der Waals surface area contributed by atoms with Crippen LogP contribution >= 0.6 is 15.9 Å². The Balaban J connectivity index is 0. The number of nitrogens with zero attached hydrogens (tertiary/aromatic N) is 3. The second kappa shape index (κ2) is 9.23. The van der Waals surface area contributed by atoms with Crippen LogP contribution in [0, 0.1) is 11.3 Å². The molecule has 0 fully saturated rings. The van der Waals surface area contributed by atoms with E-state index in [1.165, 1.54) is 0 Å². The summed E-state index contributed by atoms with van der Waals surface area (Å²) >= 11 is 3.33. The predicted molar refractivity (Wildman–Crippen MR) is 76.9 cm³/mol. The van der Waals surface area contributed by atoms with Crippen LogP contribution < -0.4 is 0 Å². The van der Waals surface area contributed by atoms with Crippen LogP contribution in [0.2, 0.25) is 0 Å². The van der Waals surface area contributed by atoms with Gasteiger partial charge in [0.25, 0.3) is 0 Å². The lowest BCUT2D eigenvalue weighted by Gasteiger charge is -2.18. The van der Waals surface area contributed by atoms with Gasteiger partial charge in [0.05, 0.1) is 18.0 Å². The van der Waals surface area contributed by atoms with Crippen molar-refractivity contribution in [3.8, 4) is 6.07 Å². The molecule has 0 N–H and O–H groups in total. The van der Waals surface area contributed by atoms with Gasteiger partial charge in [-0.25, -0.2) is 0 Å². The Morgan fingerprint density at radius 3 is 2.06 bits per heavy atom. The number of nitriles is 1. The maximum Gasteiger partial charge on any atom is 0.132 e. The summed E-state index contributed by atoms with van der Waals surface area (Å²) in [6.07, 6.45) is 2.31. The van der Waals surface area contributed by atoms with E-state index in [-0.39, 0.29) is 5.54 Å². The summed E-state index contributed by atoms with van der Waals surface area (Å²) in [6, 6.07) is 2.11. The molecule has 0 aliphatic heterocycles. The van der Waals surface area contributed by atoms with Crippen molar-refractivity contribution in [3.05, 3.63) is 16.4 Å². The van der Waals surface area contributed by atoms with Crippen LogP contribution in [0.25, 0.3) is 0 Å². The van der Waals surface area contributed by atoms with Crippen molar-refractivity contribution in [1.29, 1.82) is 5.26 Å². The standard InChI is InChI=1S/C9H12BrN3.2C2H6/c1-9(2,3)13-6-7(4-5-11)8(10)12-13;2*1-2/h6H,4H2,1-3H3;2*1-2H3. The first-order valence-corrected chi connectivity index (χ1v) is 6.86. The molecule has 0 bridgehead atoms. The lowest BCUT2D eigenvalue weighted by molar-refractivity contribution is 0.354. The van der Waals surface area contributed by atoms with E-state index < -0.39 is 0 Å². The topological polar surface area (TPSA) is 41.6 Å². The van der Waals surface area contributed by atoms with E-state index in [9.17, 15) is 0 Å². The molecular formula is C13H24BrN3. The van der Waals surface area contributed by atoms with Crippen LogP contribution in [-0.2, 0) is 12.0 Å². The largest absolute Gasteiger partial charge is 0.266 e. The van der Waals surface area contributed by atoms with Gasteiger partial charge in [-0.1, -0.05) is 27.7 Å². The summed E-state index contributed by atoms with van der Waals surface area (Å²) in [5.74, 6) is 0. The third kappa shape index (κ3) is 6.48. The first-order chi connectivity index (χ1) is 7.95. The van der Waals surface area contributed by atoms with Crippen molar-refractivity contribution in [3.63, 3.8) is 0 Å². The average Bonchev–Trinajstić information content (AvgIpc) is 2.67. The zero-order valence-electron chi connectivity index (χ0n) is 12.0. The SMILES string of the molecule is CC.CC.CC(C)(C)n1cc(CC#N)c(Br)n1. The highest BCUT2D eigenvalue weighted by atomic mass is 79.9. The van der Waals surface area contributed by atoms with E-state index >= 15 is 0 Å². The lowest BCUT2D eigenvalue weighted by atomic mass is 10.1. The minimum atomic E-state index is -0.0315. The zero-order chi connectivity index (χ0) is 14.1. The molecule has 0 radical (unpaired) electrons. The van der Waals surface area contributed by atoms with Crippen LogP contribution in [-0.4, -0.2) is 9.78 Å². The van der Waals surface area contributed by atoms with Crippen molar-refractivity contribution in [1.82, 2.24) is 9.78 Å². The number of hydrogen-bond donors (Lipinski definition) is 0. The molecule has 3 nitrogen and oxygen atoms in total. The van der Waals surface area contributed by atoms with Crippen LogP contribution in [0.4, 0.5) is 0 Å². The molecule has 0 amide bonds. The molecule has 0 aromatic carbocycles. The molecule has 0 aliphatic rings. The van der Waals surface area contributed by atoms with E-state index in [0.717, 1.165) is 10.2 Å². The first kappa shape index (κ1) is 18.5. The van der Waals surface area contributed by atoms with Crippen molar-refractivity contribution in [2.45, 2.75) is 60.4 Å². The third-order valence-corrected chi connectivity index (χ3v) is 2.36. The van der Waals surface area contributed by atoms with Gasteiger partial charge in [-0.3, -0.25) is 4.68 Å². The highest BCUT2D eigenvalue weighted by Crippen LogP contribution is 2.20. The Kier molecular flexibility index (Phi) is 10.1. The highest BCUT2D eigenvalue weighted by molar-refractivity contribution is 9.10. The molecule has 0 aliphatic carbocycles. The van der Waals surface area contributed by atoms with Crippen LogP contribution in [0.3, 0.4) is 0 Å². The summed E-state index contributed by atoms with van der Waals surface area (Å²) in [7, 11) is 0. The molecule has 0 saturated heterocycles. The minimum absolute atomic E-state index is 0.0315. The fraction of sp³-hybridized carbons (Fsp3) is 0.692. The molecule has 1 heterocycles. The number of halogens is 1. The summed E-state index contributed by atoms with van der Waals surface area (Å²) in [4.78, 5) is 0. The van der Waals surface area contributed by atoms with E-state index in [0.29, 0.717) is 6.42 Å². The van der Waals surface area contributed by atoms with Crippen molar-refractivity contribution in [2.24, 2.45) is 0 Å². The lowest BCUT2D eigenvalue weighted by Crippen LogP contribution is -2.22. The van der Waals surface area contributed by atoms with Gasteiger partial charge in [-0.05, 0) is 36.7 Å². The average molecular weight is 302 g/mol. The van der Waals surface area contributed by atoms with Gasteiger partial charge in [-0.2, -0.15) is 10.4 Å². The minimum Gasteiger partial charge on any atom is -0.266 e. The van der Waals surface area contributed by atoms with E-state index in [1.807, 2.05) is 38.6 Å². The smallest absolute Gasteiger partial charge is 0.132 e. The number of rotatable bonds is 1. The second-order valence-electron chi connectivity index (χ2n) is 3.90. The van der Waals surface area contributed by atoms with Gasteiger partial charge < -0.3 is 0 Å². The third-order valence-electron chi connectivity index (χ3n) is 1.70. The molecule has 1 aromatic rings. The van der Waals surface area contributed by atoms with Gasteiger partial charge in [0.15, 0.2) is 0 Å². The van der Waals surface area contributed by atoms with Crippen LogP contribution in [0.15, 0.2) is 10.8 Å². The Hall–Kier alpha value is -0.820. The number of hydrogen-bond acceptors (Lipinski definition) is 2. The summed E-state index contributed by atoms with van der Waals surface area (Å²) < 4.78 is 2.63. The van der Waals surface area contributed by atoms with Crippen molar-refractivity contribution in [2.75, 3.05) is 0 Å². The Morgan fingerprint density at radius 2 is 1.76 bits per heavy atom. The van der Waals surface area contributed by atoms with Gasteiger partial charge in [0.2, 0.25) is 0 Å². The molecule has 1 aromatic heterocycles. The molecule has 4 heteroatoms. The van der Waals surface area contributed by atoms with Crippen LogP contribution in [0.5, 0.6) is 0 Å².